The summed E-state index contributed by atoms with van der Waals surface area (Å²) in [6, 6.07) is 2.47. The number of halogens is 3. The van der Waals surface area contributed by atoms with Crippen molar-refractivity contribution < 1.29 is 9.50 Å². The first-order valence-electron chi connectivity index (χ1n) is 4.66. The van der Waals surface area contributed by atoms with Crippen molar-refractivity contribution in [2.24, 2.45) is 0 Å². The minimum Gasteiger partial charge on any atom is -0.508 e. The van der Waals surface area contributed by atoms with Crippen LogP contribution in [0.4, 0.5) is 4.39 Å². The molecule has 0 aliphatic heterocycles. The van der Waals surface area contributed by atoms with Gasteiger partial charge in [0.2, 0.25) is 0 Å². The lowest BCUT2D eigenvalue weighted by Crippen LogP contribution is -2.20. The van der Waals surface area contributed by atoms with E-state index < -0.39 is 5.82 Å². The Morgan fingerprint density at radius 1 is 1.69 bits per heavy atom. The summed E-state index contributed by atoms with van der Waals surface area (Å²) in [6.45, 7) is 5.82. The Morgan fingerprint density at radius 3 is 2.88 bits per heavy atom. The van der Waals surface area contributed by atoms with Crippen molar-refractivity contribution in [3.05, 3.63) is 39.6 Å². The van der Waals surface area contributed by atoms with Gasteiger partial charge in [-0.15, -0.1) is 0 Å². The third kappa shape index (κ3) is 3.47. The van der Waals surface area contributed by atoms with Crippen LogP contribution in [0.5, 0.6) is 5.75 Å². The predicted octanol–water partition coefficient (Wildman–Crippen LogP) is 3.70. The van der Waals surface area contributed by atoms with Crippen LogP contribution in [-0.2, 0) is 0 Å². The Kier molecular flexibility index (Phi) is 4.77. The molecule has 1 rings (SSSR count). The van der Waals surface area contributed by atoms with Gasteiger partial charge < -0.3 is 10.4 Å². The molecule has 0 radical (unpaired) electrons. The summed E-state index contributed by atoms with van der Waals surface area (Å²) < 4.78 is 13.4. The number of phenols is 1. The second-order valence-electron chi connectivity index (χ2n) is 3.44. The molecule has 88 valence electrons. The predicted molar refractivity (Wildman–Crippen MR) is 67.2 cm³/mol. The van der Waals surface area contributed by atoms with E-state index in [0.29, 0.717) is 21.6 Å². The van der Waals surface area contributed by atoms with Crippen LogP contribution in [0.15, 0.2) is 28.2 Å². The lowest BCUT2D eigenvalue weighted by Gasteiger charge is -2.15. The quantitative estimate of drug-likeness (QED) is 0.889. The first-order valence-corrected chi connectivity index (χ1v) is 5.83. The van der Waals surface area contributed by atoms with Gasteiger partial charge in [-0.25, -0.2) is 4.39 Å². The van der Waals surface area contributed by atoms with Gasteiger partial charge in [0.25, 0.3) is 0 Å². The van der Waals surface area contributed by atoms with Crippen molar-refractivity contribution in [2.45, 2.75) is 13.0 Å². The standard InChI is InChI=1S/C11H12BrClFNO/c1-6(13)5-15-7(2)8-3-9(12)10(14)4-11(8)16/h3-4,7,15-16H,1,5H2,2H3. The molecular formula is C11H12BrClFNO. The zero-order valence-corrected chi connectivity index (χ0v) is 11.1. The molecule has 0 aliphatic carbocycles. The Balaban J connectivity index is 2.86. The lowest BCUT2D eigenvalue weighted by molar-refractivity contribution is 0.449. The number of benzene rings is 1. The van der Waals surface area contributed by atoms with E-state index in [1.165, 1.54) is 0 Å². The topological polar surface area (TPSA) is 32.3 Å². The van der Waals surface area contributed by atoms with E-state index in [2.05, 4.69) is 27.8 Å². The fourth-order valence-corrected chi connectivity index (χ4v) is 1.71. The SMILES string of the molecule is C=C(Cl)CNC(C)c1cc(Br)c(F)cc1O. The molecule has 0 aliphatic rings. The molecule has 0 fully saturated rings. The van der Waals surface area contributed by atoms with Gasteiger partial charge in [-0.1, -0.05) is 18.2 Å². The first kappa shape index (κ1) is 13.5. The molecule has 1 atom stereocenters. The van der Waals surface area contributed by atoms with Gasteiger partial charge >= 0.3 is 0 Å². The van der Waals surface area contributed by atoms with Crippen LogP contribution in [0.25, 0.3) is 0 Å². The van der Waals surface area contributed by atoms with Crippen molar-refractivity contribution in [3.63, 3.8) is 0 Å². The molecule has 0 aromatic heterocycles. The van der Waals surface area contributed by atoms with Crippen LogP contribution >= 0.6 is 27.5 Å². The van der Waals surface area contributed by atoms with Crippen molar-refractivity contribution in [1.82, 2.24) is 5.32 Å². The van der Waals surface area contributed by atoms with Crippen molar-refractivity contribution >= 4 is 27.5 Å². The van der Waals surface area contributed by atoms with E-state index in [1.807, 2.05) is 6.92 Å². The maximum atomic E-state index is 13.1. The van der Waals surface area contributed by atoms with Crippen LogP contribution in [0.2, 0.25) is 0 Å². The highest BCUT2D eigenvalue weighted by atomic mass is 79.9. The zero-order chi connectivity index (χ0) is 12.3. The van der Waals surface area contributed by atoms with Crippen LogP contribution in [-0.4, -0.2) is 11.7 Å². The normalized spacial score (nSPS) is 12.5. The molecule has 0 saturated heterocycles. The van der Waals surface area contributed by atoms with E-state index >= 15 is 0 Å². The number of nitrogens with one attached hydrogen (secondary N) is 1. The highest BCUT2D eigenvalue weighted by molar-refractivity contribution is 9.10. The van der Waals surface area contributed by atoms with E-state index in [1.54, 1.807) is 6.07 Å². The summed E-state index contributed by atoms with van der Waals surface area (Å²) in [5, 5.41) is 13.1. The average molecular weight is 309 g/mol. The highest BCUT2D eigenvalue weighted by Gasteiger charge is 2.13. The zero-order valence-electron chi connectivity index (χ0n) is 8.73. The third-order valence-electron chi connectivity index (χ3n) is 2.14. The molecule has 0 heterocycles. The lowest BCUT2D eigenvalue weighted by atomic mass is 10.1. The number of phenolic OH excluding ortho intramolecular Hbond substituents is 1. The number of hydrogen-bond donors (Lipinski definition) is 2. The van der Waals surface area contributed by atoms with Crippen LogP contribution < -0.4 is 5.32 Å². The number of hydrogen-bond acceptors (Lipinski definition) is 2. The summed E-state index contributed by atoms with van der Waals surface area (Å²) in [7, 11) is 0. The van der Waals surface area contributed by atoms with Gasteiger partial charge in [0, 0.05) is 29.2 Å². The van der Waals surface area contributed by atoms with E-state index in [4.69, 9.17) is 11.6 Å². The fourth-order valence-electron chi connectivity index (χ4n) is 1.27. The van der Waals surface area contributed by atoms with Gasteiger partial charge in [0.1, 0.15) is 11.6 Å². The Labute approximate surface area is 107 Å². The van der Waals surface area contributed by atoms with Crippen LogP contribution in [0, 0.1) is 5.82 Å². The highest BCUT2D eigenvalue weighted by Crippen LogP contribution is 2.29. The fraction of sp³-hybridized carbons (Fsp3) is 0.273. The molecule has 2 nitrogen and oxygen atoms in total. The van der Waals surface area contributed by atoms with Gasteiger partial charge in [-0.2, -0.15) is 0 Å². The second kappa shape index (κ2) is 5.66. The summed E-state index contributed by atoms with van der Waals surface area (Å²) >= 11 is 8.69. The summed E-state index contributed by atoms with van der Waals surface area (Å²) in [5.41, 5.74) is 0.603. The molecule has 0 bridgehead atoms. The van der Waals surface area contributed by atoms with E-state index in [9.17, 15) is 9.50 Å². The van der Waals surface area contributed by atoms with Gasteiger partial charge in [0.15, 0.2) is 0 Å². The molecule has 1 unspecified atom stereocenters. The van der Waals surface area contributed by atoms with Gasteiger partial charge in [-0.05, 0) is 28.9 Å². The minimum absolute atomic E-state index is 0.0825. The maximum Gasteiger partial charge on any atom is 0.141 e. The van der Waals surface area contributed by atoms with Gasteiger partial charge in [0.05, 0.1) is 4.47 Å². The molecule has 0 spiro atoms. The molecule has 0 saturated carbocycles. The smallest absolute Gasteiger partial charge is 0.141 e. The Morgan fingerprint density at radius 2 is 2.31 bits per heavy atom. The van der Waals surface area contributed by atoms with Crippen LogP contribution in [0.3, 0.4) is 0 Å². The second-order valence-corrected chi connectivity index (χ2v) is 4.83. The number of aromatic hydroxyl groups is 1. The monoisotopic (exact) mass is 307 g/mol. The largest absolute Gasteiger partial charge is 0.508 e. The van der Waals surface area contributed by atoms with Crippen molar-refractivity contribution in [1.29, 1.82) is 0 Å². The average Bonchev–Trinajstić information content (AvgIpc) is 2.20. The number of rotatable bonds is 4. The third-order valence-corrected chi connectivity index (χ3v) is 2.88. The Bertz CT molecular complexity index is 411. The molecule has 1 aromatic carbocycles. The molecule has 16 heavy (non-hydrogen) atoms. The summed E-state index contributed by atoms with van der Waals surface area (Å²) in [5.74, 6) is -0.573. The molecule has 2 N–H and O–H groups in total. The molecular weight excluding hydrogens is 296 g/mol. The minimum atomic E-state index is -0.491. The molecule has 0 amide bonds. The van der Waals surface area contributed by atoms with Crippen molar-refractivity contribution in [3.8, 4) is 5.75 Å². The molecule has 5 heteroatoms. The summed E-state index contributed by atoms with van der Waals surface area (Å²) in [4.78, 5) is 0. The maximum absolute atomic E-state index is 13.1. The van der Waals surface area contributed by atoms with Crippen molar-refractivity contribution in [2.75, 3.05) is 6.54 Å². The van der Waals surface area contributed by atoms with Gasteiger partial charge in [-0.3, -0.25) is 0 Å². The summed E-state index contributed by atoms with van der Waals surface area (Å²) in [6.07, 6.45) is 0. The van der Waals surface area contributed by atoms with E-state index in [0.717, 1.165) is 6.07 Å². The van der Waals surface area contributed by atoms with Crippen LogP contribution in [0.1, 0.15) is 18.5 Å². The first-order chi connectivity index (χ1) is 7.41. The molecule has 1 aromatic rings. The van der Waals surface area contributed by atoms with E-state index in [-0.39, 0.29) is 11.8 Å². The Hall–Kier alpha value is -0.580.